The summed E-state index contributed by atoms with van der Waals surface area (Å²) in [7, 11) is 0. The molecule has 39 heavy (non-hydrogen) atoms. The third-order valence-corrected chi connectivity index (χ3v) is 12.2. The summed E-state index contributed by atoms with van der Waals surface area (Å²) in [6.07, 6.45) is 14.4. The number of fused-ring (bicyclic) bond motifs is 1. The molecule has 3 saturated heterocycles. The number of thioether (sulfide) groups is 1. The number of unbranched alkanes of at least 4 members (excludes halogenated alkanes) is 4. The van der Waals surface area contributed by atoms with Crippen LogP contribution in [0.15, 0.2) is 25.3 Å². The number of nitrogens with zero attached hydrogens (tertiary/aromatic N) is 2. The normalized spacial score (nSPS) is 31.8. The Morgan fingerprint density at radius 1 is 1.13 bits per heavy atom. The fraction of sp³-hybridized carbons (Fsp3) is 0.767. The molecule has 1 aliphatic carbocycles. The highest BCUT2D eigenvalue weighted by Crippen LogP contribution is 2.68. The van der Waals surface area contributed by atoms with Gasteiger partial charge in [-0.2, -0.15) is 0 Å². The number of likely N-dealkylation sites (tertiary alicyclic amines) is 1. The zero-order chi connectivity index (χ0) is 28.0. The molecule has 2 bridgehead atoms. The van der Waals surface area contributed by atoms with E-state index >= 15 is 0 Å². The highest BCUT2D eigenvalue weighted by Gasteiger charge is 2.76. The van der Waals surface area contributed by atoms with E-state index in [0.29, 0.717) is 32.5 Å². The Morgan fingerprint density at radius 2 is 1.87 bits per heavy atom. The van der Waals surface area contributed by atoms with Gasteiger partial charge in [-0.3, -0.25) is 14.4 Å². The smallest absolute Gasteiger partial charge is 0.310 e. The average Bonchev–Trinajstić information content (AvgIpc) is 3.53. The molecule has 4 aliphatic rings. The number of carbonyl (C=O) groups excluding carboxylic acids is 3. The first-order chi connectivity index (χ1) is 18.9. The molecule has 6 atom stereocenters. The summed E-state index contributed by atoms with van der Waals surface area (Å²) < 4.78 is 5.05. The van der Waals surface area contributed by atoms with E-state index in [1.54, 1.807) is 23.9 Å². The first-order valence-electron chi connectivity index (χ1n) is 14.8. The van der Waals surface area contributed by atoms with Crippen LogP contribution in [0.3, 0.4) is 0 Å². The Morgan fingerprint density at radius 3 is 2.56 bits per heavy atom. The number of aliphatic hydroxyl groups is 1. The number of alkyl halides is 1. The number of carbonyl (C=O) groups is 3. The zero-order valence-electron chi connectivity index (χ0n) is 23.1. The van der Waals surface area contributed by atoms with E-state index < -0.39 is 22.6 Å². The van der Waals surface area contributed by atoms with Crippen molar-refractivity contribution in [2.24, 2.45) is 11.8 Å². The number of aliphatic hydroxyl groups excluding tert-OH is 1. The minimum Gasteiger partial charge on any atom is -0.465 e. The van der Waals surface area contributed by atoms with Crippen molar-refractivity contribution in [1.82, 2.24) is 9.80 Å². The summed E-state index contributed by atoms with van der Waals surface area (Å²) in [5.74, 6) is -1.47. The van der Waals surface area contributed by atoms with E-state index in [0.717, 1.165) is 57.8 Å². The van der Waals surface area contributed by atoms with Crippen molar-refractivity contribution in [1.29, 1.82) is 0 Å². The number of rotatable bonds is 15. The van der Waals surface area contributed by atoms with E-state index in [4.69, 9.17) is 9.84 Å². The quantitative estimate of drug-likeness (QED) is 0.121. The van der Waals surface area contributed by atoms with Crippen LogP contribution in [0.5, 0.6) is 0 Å². The molecule has 0 aromatic heterocycles. The van der Waals surface area contributed by atoms with Gasteiger partial charge < -0.3 is 19.6 Å². The molecule has 9 heteroatoms. The summed E-state index contributed by atoms with van der Waals surface area (Å²) in [6.45, 7) is 9.11. The lowest BCUT2D eigenvalue weighted by Crippen LogP contribution is -2.57. The number of halogens is 1. The number of ether oxygens (including phenoxy) is 1. The topological polar surface area (TPSA) is 87.1 Å². The van der Waals surface area contributed by atoms with E-state index in [-0.39, 0.29) is 40.5 Å². The van der Waals surface area contributed by atoms with Crippen molar-refractivity contribution in [2.75, 3.05) is 26.3 Å². The molecular weight excluding hydrogens is 580 g/mol. The van der Waals surface area contributed by atoms with Gasteiger partial charge in [-0.05, 0) is 44.9 Å². The molecule has 1 N–H and O–H groups in total. The standard InChI is InChI=1S/C30H45BrN2O5S/c1-3-5-13-19-38-29(37)23-24-27(35)33(17-11-6-7-12-18-34)26(30(24)20-22(31)25(23)39-30)28(36)32(16-4-2)21-14-9-8-10-15-21/h3-4,21-26,34H,1-2,5-20H2/t22?,23-,24-,25-,26?,30?/m0/s1. The van der Waals surface area contributed by atoms with Crippen LogP contribution in [-0.2, 0) is 19.1 Å². The first-order valence-corrected chi connectivity index (χ1v) is 16.6. The second-order valence-electron chi connectivity index (χ2n) is 11.5. The maximum absolute atomic E-state index is 14.6. The van der Waals surface area contributed by atoms with Crippen molar-refractivity contribution in [3.05, 3.63) is 25.3 Å². The van der Waals surface area contributed by atoms with Crippen molar-refractivity contribution in [3.8, 4) is 0 Å². The van der Waals surface area contributed by atoms with Crippen LogP contribution >= 0.6 is 27.7 Å². The molecular formula is C30H45BrN2O5S. The Bertz CT molecular complexity index is 912. The molecule has 0 aromatic carbocycles. The predicted octanol–water partition coefficient (Wildman–Crippen LogP) is 4.86. The molecule has 218 valence electrons. The number of hydrogen-bond donors (Lipinski definition) is 1. The molecule has 1 spiro atoms. The maximum atomic E-state index is 14.6. The lowest BCUT2D eigenvalue weighted by Gasteiger charge is -2.41. The summed E-state index contributed by atoms with van der Waals surface area (Å²) in [4.78, 5) is 46.1. The fourth-order valence-electron chi connectivity index (χ4n) is 7.27. The molecule has 4 fully saturated rings. The molecule has 2 amide bonds. The highest BCUT2D eigenvalue weighted by atomic mass is 79.9. The van der Waals surface area contributed by atoms with Gasteiger partial charge >= 0.3 is 5.97 Å². The van der Waals surface area contributed by atoms with Crippen LogP contribution < -0.4 is 0 Å². The molecule has 0 aromatic rings. The van der Waals surface area contributed by atoms with Gasteiger partial charge in [0.05, 0.1) is 23.2 Å². The van der Waals surface area contributed by atoms with Crippen LogP contribution in [0.4, 0.5) is 0 Å². The molecule has 0 radical (unpaired) electrons. The Kier molecular flexibility index (Phi) is 11.0. The predicted molar refractivity (Wildman–Crippen MR) is 159 cm³/mol. The van der Waals surface area contributed by atoms with Crippen molar-refractivity contribution in [3.63, 3.8) is 0 Å². The second kappa shape index (κ2) is 14.0. The SMILES string of the molecule is C=CCCCOC(=O)[C@H]1[C@H]2C(=O)N(CCCCCCO)C(C(=O)N(CC=C)C3CCCCC3)C23CC(Br)[C@@H]1S3. The van der Waals surface area contributed by atoms with Crippen molar-refractivity contribution >= 4 is 45.5 Å². The Hall–Kier alpha value is -1.32. The van der Waals surface area contributed by atoms with Crippen LogP contribution in [0, 0.1) is 11.8 Å². The Balaban J connectivity index is 1.63. The Labute approximate surface area is 246 Å². The molecule has 1 saturated carbocycles. The van der Waals surface area contributed by atoms with Gasteiger partial charge in [0.2, 0.25) is 11.8 Å². The minimum atomic E-state index is -0.642. The largest absolute Gasteiger partial charge is 0.465 e. The summed E-state index contributed by atoms with van der Waals surface area (Å²) in [5, 5.41) is 9.08. The summed E-state index contributed by atoms with van der Waals surface area (Å²) >= 11 is 5.51. The highest BCUT2D eigenvalue weighted by molar-refractivity contribution is 9.09. The van der Waals surface area contributed by atoms with Gasteiger partial charge in [-0.1, -0.05) is 60.2 Å². The van der Waals surface area contributed by atoms with Crippen molar-refractivity contribution in [2.45, 2.75) is 104 Å². The third-order valence-electron chi connectivity index (χ3n) is 9.02. The maximum Gasteiger partial charge on any atom is 0.310 e. The number of hydrogen-bond acceptors (Lipinski definition) is 6. The summed E-state index contributed by atoms with van der Waals surface area (Å²) in [5.41, 5.74) is 0. The fourth-order valence-corrected chi connectivity index (χ4v) is 10.9. The number of allylic oxidation sites excluding steroid dienone is 1. The average molecular weight is 626 g/mol. The lowest BCUT2D eigenvalue weighted by atomic mass is 9.71. The second-order valence-corrected chi connectivity index (χ2v) is 14.2. The monoisotopic (exact) mass is 624 g/mol. The van der Waals surface area contributed by atoms with E-state index in [1.165, 1.54) is 6.42 Å². The number of esters is 1. The first kappa shape index (κ1) is 30.6. The molecule has 3 unspecified atom stereocenters. The van der Waals surface area contributed by atoms with Gasteiger partial charge in [-0.25, -0.2) is 0 Å². The van der Waals surface area contributed by atoms with Gasteiger partial charge in [-0.15, -0.1) is 24.9 Å². The van der Waals surface area contributed by atoms with E-state index in [1.807, 2.05) is 9.80 Å². The van der Waals surface area contributed by atoms with Crippen LogP contribution in [-0.4, -0.2) is 85.9 Å². The van der Waals surface area contributed by atoms with E-state index in [9.17, 15) is 14.4 Å². The van der Waals surface area contributed by atoms with E-state index in [2.05, 4.69) is 29.1 Å². The van der Waals surface area contributed by atoms with Gasteiger partial charge in [0, 0.05) is 35.8 Å². The molecule has 4 rings (SSSR count). The third kappa shape index (κ3) is 6.15. The van der Waals surface area contributed by atoms with Crippen LogP contribution in [0.25, 0.3) is 0 Å². The number of amides is 2. The van der Waals surface area contributed by atoms with Gasteiger partial charge in [0.25, 0.3) is 0 Å². The molecule has 3 aliphatic heterocycles. The van der Waals surface area contributed by atoms with Crippen LogP contribution in [0.2, 0.25) is 0 Å². The zero-order valence-corrected chi connectivity index (χ0v) is 25.5. The van der Waals surface area contributed by atoms with Crippen molar-refractivity contribution < 1.29 is 24.2 Å². The van der Waals surface area contributed by atoms with Gasteiger partial charge in [0.1, 0.15) is 6.04 Å². The molecule has 7 nitrogen and oxygen atoms in total. The minimum absolute atomic E-state index is 0.0147. The van der Waals surface area contributed by atoms with Gasteiger partial charge in [0.15, 0.2) is 0 Å². The molecule has 3 heterocycles. The lowest BCUT2D eigenvalue weighted by molar-refractivity contribution is -0.154. The van der Waals surface area contributed by atoms with Crippen LogP contribution in [0.1, 0.15) is 77.0 Å². The summed E-state index contributed by atoms with van der Waals surface area (Å²) in [6, 6.07) is -0.432.